The van der Waals surface area contributed by atoms with E-state index in [2.05, 4.69) is 22.4 Å². The molecule has 1 heterocycles. The van der Waals surface area contributed by atoms with Crippen LogP contribution in [-0.4, -0.2) is 33.0 Å². The van der Waals surface area contributed by atoms with Crippen molar-refractivity contribution in [3.63, 3.8) is 0 Å². The monoisotopic (exact) mass is 368 g/mol. The average molecular weight is 369 g/mol. The molecule has 0 fully saturated rings. The molecule has 1 N–H and O–H groups in total. The third-order valence-electron chi connectivity index (χ3n) is 4.35. The topological polar surface area (TPSA) is 59.8 Å². The average Bonchev–Trinajstić information content (AvgIpc) is 3.02. The normalized spacial score (nSPS) is 11.0. The zero-order chi connectivity index (χ0) is 18.2. The standard InChI is InChI=1S/C19H36N4OS/c1-3-4-5-6-7-8-9-10-11-12-13-14-15-20-18(24)16-25-19-22-21-17-23(19)2/h17H,3-16H2,1-2H3,(H,20,24). The lowest BCUT2D eigenvalue weighted by Crippen LogP contribution is -2.26. The highest BCUT2D eigenvalue weighted by atomic mass is 32.2. The molecule has 0 unspecified atom stereocenters. The molecule has 25 heavy (non-hydrogen) atoms. The first kappa shape index (κ1) is 22.0. The summed E-state index contributed by atoms with van der Waals surface area (Å²) in [7, 11) is 1.88. The van der Waals surface area contributed by atoms with E-state index in [0.29, 0.717) is 5.75 Å². The van der Waals surface area contributed by atoms with Crippen LogP contribution < -0.4 is 5.32 Å². The summed E-state index contributed by atoms with van der Waals surface area (Å²) in [6.45, 7) is 3.06. The Bertz CT molecular complexity index is 450. The van der Waals surface area contributed by atoms with E-state index in [-0.39, 0.29) is 5.91 Å². The summed E-state index contributed by atoms with van der Waals surface area (Å²) in [4.78, 5) is 11.8. The van der Waals surface area contributed by atoms with Crippen molar-refractivity contribution >= 4 is 17.7 Å². The minimum Gasteiger partial charge on any atom is -0.355 e. The van der Waals surface area contributed by atoms with E-state index in [1.54, 1.807) is 6.33 Å². The Balaban J connectivity index is 1.81. The second-order valence-electron chi connectivity index (χ2n) is 6.75. The predicted octanol–water partition coefficient (Wildman–Crippen LogP) is 4.72. The smallest absolute Gasteiger partial charge is 0.230 e. The van der Waals surface area contributed by atoms with E-state index in [0.717, 1.165) is 18.1 Å². The maximum atomic E-state index is 11.8. The van der Waals surface area contributed by atoms with Gasteiger partial charge in [0.05, 0.1) is 5.75 Å². The maximum absolute atomic E-state index is 11.8. The number of hydrogen-bond acceptors (Lipinski definition) is 4. The highest BCUT2D eigenvalue weighted by Gasteiger charge is 2.06. The van der Waals surface area contributed by atoms with Gasteiger partial charge in [-0.1, -0.05) is 89.3 Å². The van der Waals surface area contributed by atoms with Crippen LogP contribution in [0.2, 0.25) is 0 Å². The summed E-state index contributed by atoms with van der Waals surface area (Å²) in [6.07, 6.45) is 17.7. The van der Waals surface area contributed by atoms with Crippen LogP contribution in [0.5, 0.6) is 0 Å². The van der Waals surface area contributed by atoms with Crippen LogP contribution in [0.3, 0.4) is 0 Å². The van der Waals surface area contributed by atoms with Crippen LogP contribution in [0.15, 0.2) is 11.5 Å². The Kier molecular flexibility index (Phi) is 13.4. The van der Waals surface area contributed by atoms with Crippen LogP contribution in [0, 0.1) is 0 Å². The molecule has 0 spiro atoms. The summed E-state index contributed by atoms with van der Waals surface area (Å²) in [5.74, 6) is 0.487. The molecule has 1 aromatic rings. The van der Waals surface area contributed by atoms with Gasteiger partial charge in [-0.05, 0) is 6.42 Å². The first-order chi connectivity index (χ1) is 12.2. The first-order valence-electron chi connectivity index (χ1n) is 9.97. The van der Waals surface area contributed by atoms with E-state index < -0.39 is 0 Å². The maximum Gasteiger partial charge on any atom is 0.230 e. The van der Waals surface area contributed by atoms with Gasteiger partial charge in [-0.3, -0.25) is 4.79 Å². The summed E-state index contributed by atoms with van der Waals surface area (Å²) in [5, 5.41) is 11.5. The number of aromatic nitrogens is 3. The van der Waals surface area contributed by atoms with E-state index >= 15 is 0 Å². The number of amides is 1. The Labute approximate surface area is 157 Å². The Morgan fingerprint density at radius 1 is 1.00 bits per heavy atom. The van der Waals surface area contributed by atoms with Gasteiger partial charge >= 0.3 is 0 Å². The zero-order valence-corrected chi connectivity index (χ0v) is 17.0. The molecule has 0 aliphatic heterocycles. The van der Waals surface area contributed by atoms with Gasteiger partial charge < -0.3 is 9.88 Å². The molecular weight excluding hydrogens is 332 g/mol. The van der Waals surface area contributed by atoms with Gasteiger partial charge in [-0.15, -0.1) is 10.2 Å². The van der Waals surface area contributed by atoms with Crippen LogP contribution in [-0.2, 0) is 11.8 Å². The Morgan fingerprint density at radius 3 is 2.08 bits per heavy atom. The SMILES string of the molecule is CCCCCCCCCCCCCCNC(=O)CSc1nncn1C. The van der Waals surface area contributed by atoms with Crippen molar-refractivity contribution in [1.82, 2.24) is 20.1 Å². The summed E-state index contributed by atoms with van der Waals surface area (Å²) < 4.78 is 1.82. The first-order valence-corrected chi connectivity index (χ1v) is 11.0. The molecule has 0 saturated carbocycles. The number of nitrogens with zero attached hydrogens (tertiary/aromatic N) is 3. The summed E-state index contributed by atoms with van der Waals surface area (Å²) in [5.41, 5.74) is 0. The molecule has 0 aliphatic rings. The lowest BCUT2D eigenvalue weighted by Gasteiger charge is -2.05. The summed E-state index contributed by atoms with van der Waals surface area (Å²) >= 11 is 1.42. The van der Waals surface area contributed by atoms with Crippen molar-refractivity contribution in [3.8, 4) is 0 Å². The minimum atomic E-state index is 0.0797. The molecular formula is C19H36N4OS. The molecule has 1 aromatic heterocycles. The van der Waals surface area contributed by atoms with Gasteiger partial charge in [0.2, 0.25) is 5.91 Å². The molecule has 6 heteroatoms. The number of unbranched alkanes of at least 4 members (excludes halogenated alkanes) is 11. The molecule has 0 atom stereocenters. The molecule has 0 aliphatic carbocycles. The van der Waals surface area contributed by atoms with Gasteiger partial charge in [0, 0.05) is 13.6 Å². The van der Waals surface area contributed by atoms with E-state index in [1.807, 2.05) is 11.6 Å². The van der Waals surface area contributed by atoms with Crippen molar-refractivity contribution in [2.45, 2.75) is 89.1 Å². The molecule has 5 nitrogen and oxygen atoms in total. The molecule has 1 amide bonds. The highest BCUT2D eigenvalue weighted by molar-refractivity contribution is 7.99. The van der Waals surface area contributed by atoms with Gasteiger partial charge in [0.15, 0.2) is 5.16 Å². The second kappa shape index (κ2) is 15.2. The van der Waals surface area contributed by atoms with Gasteiger partial charge in [0.25, 0.3) is 0 Å². The highest BCUT2D eigenvalue weighted by Crippen LogP contribution is 2.13. The number of aryl methyl sites for hydroxylation is 1. The number of nitrogens with one attached hydrogen (secondary N) is 1. The third kappa shape index (κ3) is 12.0. The molecule has 144 valence electrons. The van der Waals surface area contributed by atoms with Crippen LogP contribution in [0.1, 0.15) is 84.0 Å². The van der Waals surface area contributed by atoms with Gasteiger partial charge in [-0.2, -0.15) is 0 Å². The minimum absolute atomic E-state index is 0.0797. The number of carbonyl (C=O) groups excluding carboxylic acids is 1. The molecule has 1 rings (SSSR count). The van der Waals surface area contributed by atoms with Crippen molar-refractivity contribution in [2.24, 2.45) is 7.05 Å². The fourth-order valence-electron chi connectivity index (χ4n) is 2.78. The van der Waals surface area contributed by atoms with Gasteiger partial charge in [0.1, 0.15) is 6.33 Å². The van der Waals surface area contributed by atoms with Crippen LogP contribution in [0.4, 0.5) is 0 Å². The largest absolute Gasteiger partial charge is 0.355 e. The lowest BCUT2D eigenvalue weighted by molar-refractivity contribution is -0.118. The van der Waals surface area contributed by atoms with Crippen molar-refractivity contribution in [2.75, 3.05) is 12.3 Å². The Morgan fingerprint density at radius 2 is 1.56 bits per heavy atom. The van der Waals surface area contributed by atoms with E-state index in [9.17, 15) is 4.79 Å². The van der Waals surface area contributed by atoms with Crippen molar-refractivity contribution in [3.05, 3.63) is 6.33 Å². The number of thioether (sulfide) groups is 1. The molecule has 0 aromatic carbocycles. The van der Waals surface area contributed by atoms with Crippen molar-refractivity contribution in [1.29, 1.82) is 0 Å². The van der Waals surface area contributed by atoms with Crippen LogP contribution in [0.25, 0.3) is 0 Å². The van der Waals surface area contributed by atoms with Crippen LogP contribution >= 0.6 is 11.8 Å². The second-order valence-corrected chi connectivity index (χ2v) is 7.69. The number of carbonyl (C=O) groups is 1. The Hall–Kier alpha value is -1.04. The number of rotatable bonds is 16. The molecule has 0 saturated heterocycles. The number of hydrogen-bond donors (Lipinski definition) is 1. The van der Waals surface area contributed by atoms with E-state index in [4.69, 9.17) is 0 Å². The van der Waals surface area contributed by atoms with Crippen molar-refractivity contribution < 1.29 is 4.79 Å². The third-order valence-corrected chi connectivity index (χ3v) is 5.39. The zero-order valence-electron chi connectivity index (χ0n) is 16.1. The fraction of sp³-hybridized carbons (Fsp3) is 0.842. The van der Waals surface area contributed by atoms with E-state index in [1.165, 1.54) is 82.4 Å². The fourth-order valence-corrected chi connectivity index (χ4v) is 3.50. The summed E-state index contributed by atoms with van der Waals surface area (Å²) in [6, 6.07) is 0. The molecule has 0 radical (unpaired) electrons. The van der Waals surface area contributed by atoms with Gasteiger partial charge in [-0.25, -0.2) is 0 Å². The molecule has 0 bridgehead atoms. The lowest BCUT2D eigenvalue weighted by atomic mass is 10.1. The predicted molar refractivity (Wildman–Crippen MR) is 106 cm³/mol. The quantitative estimate of drug-likeness (QED) is 0.339.